The van der Waals surface area contributed by atoms with E-state index in [0.29, 0.717) is 6.54 Å². The normalized spacial score (nSPS) is 13.4. The highest BCUT2D eigenvalue weighted by Gasteiger charge is 2.15. The quantitative estimate of drug-likeness (QED) is 0.324. The van der Waals surface area contributed by atoms with Gasteiger partial charge in [-0.25, -0.2) is 4.99 Å². The summed E-state index contributed by atoms with van der Waals surface area (Å²) in [7, 11) is 0. The number of guanidine groups is 1. The van der Waals surface area contributed by atoms with Gasteiger partial charge in [-0.1, -0.05) is 12.1 Å². The number of hydrogen-bond acceptors (Lipinski definition) is 4. The van der Waals surface area contributed by atoms with Crippen molar-refractivity contribution in [2.75, 3.05) is 31.1 Å². The van der Waals surface area contributed by atoms with Gasteiger partial charge in [0.2, 0.25) is 0 Å². The third-order valence-electron chi connectivity index (χ3n) is 5.08. The first-order valence-corrected chi connectivity index (χ1v) is 10.5. The van der Waals surface area contributed by atoms with E-state index in [-0.39, 0.29) is 24.0 Å². The van der Waals surface area contributed by atoms with Crippen LogP contribution in [0.4, 0.5) is 5.69 Å². The van der Waals surface area contributed by atoms with Crippen LogP contribution in [-0.4, -0.2) is 46.9 Å². The van der Waals surface area contributed by atoms with Gasteiger partial charge in [-0.2, -0.15) is 0 Å². The van der Waals surface area contributed by atoms with Crippen molar-refractivity contribution in [1.29, 1.82) is 0 Å². The molecule has 3 rings (SSSR count). The number of anilines is 1. The SMILES string of the molecule is CCNC(=NCc1nnc2n1CCCC2)NCCN(CC)c1cccc(C)c1.I. The first kappa shape index (κ1) is 23.4. The largest absolute Gasteiger partial charge is 0.370 e. The Hall–Kier alpha value is -1.84. The molecule has 1 aliphatic rings. The second-order valence-electron chi connectivity index (χ2n) is 7.18. The van der Waals surface area contributed by atoms with Crippen molar-refractivity contribution in [1.82, 2.24) is 25.4 Å². The minimum absolute atomic E-state index is 0. The molecule has 0 saturated carbocycles. The lowest BCUT2D eigenvalue weighted by Crippen LogP contribution is -2.41. The Morgan fingerprint density at radius 1 is 1.21 bits per heavy atom. The molecule has 0 radical (unpaired) electrons. The average molecular weight is 511 g/mol. The highest BCUT2D eigenvalue weighted by Crippen LogP contribution is 2.15. The lowest BCUT2D eigenvalue weighted by atomic mass is 10.2. The minimum atomic E-state index is 0. The first-order valence-electron chi connectivity index (χ1n) is 10.5. The van der Waals surface area contributed by atoms with Gasteiger partial charge in [-0.3, -0.25) is 0 Å². The van der Waals surface area contributed by atoms with E-state index in [1.54, 1.807) is 0 Å². The summed E-state index contributed by atoms with van der Waals surface area (Å²) < 4.78 is 2.23. The number of aromatic nitrogens is 3. The van der Waals surface area contributed by atoms with Crippen LogP contribution in [0.3, 0.4) is 0 Å². The predicted molar refractivity (Wildman–Crippen MR) is 130 cm³/mol. The molecule has 0 saturated heterocycles. The van der Waals surface area contributed by atoms with Crippen LogP contribution in [0.2, 0.25) is 0 Å². The number of benzene rings is 1. The standard InChI is InChI=1S/C21H33N7.HI/c1-4-22-21(24-16-20-26-25-19-11-6-7-13-28(19)20)23-12-14-27(5-2)18-10-8-9-17(3)15-18;/h8-10,15H,4-7,11-14,16H2,1-3H3,(H2,22,23,24);1H. The maximum Gasteiger partial charge on any atom is 0.191 e. The molecular formula is C21H34IN7. The molecule has 2 aromatic rings. The molecule has 1 aromatic heterocycles. The van der Waals surface area contributed by atoms with Gasteiger partial charge in [-0.05, 0) is 51.3 Å². The summed E-state index contributed by atoms with van der Waals surface area (Å²) in [4.78, 5) is 7.10. The van der Waals surface area contributed by atoms with Gasteiger partial charge in [0.25, 0.3) is 0 Å². The fraction of sp³-hybridized carbons (Fsp3) is 0.571. The molecule has 2 heterocycles. The monoisotopic (exact) mass is 511 g/mol. The molecule has 0 spiro atoms. The van der Waals surface area contributed by atoms with Crippen molar-refractivity contribution in [2.24, 2.45) is 4.99 Å². The van der Waals surface area contributed by atoms with Gasteiger partial charge in [0.05, 0.1) is 0 Å². The summed E-state index contributed by atoms with van der Waals surface area (Å²) in [5.74, 6) is 2.89. The Morgan fingerprint density at radius 3 is 2.83 bits per heavy atom. The molecule has 2 N–H and O–H groups in total. The van der Waals surface area contributed by atoms with Gasteiger partial charge >= 0.3 is 0 Å². The zero-order valence-corrected chi connectivity index (χ0v) is 20.1. The van der Waals surface area contributed by atoms with E-state index in [9.17, 15) is 0 Å². The maximum absolute atomic E-state index is 4.73. The molecule has 0 bridgehead atoms. The summed E-state index contributed by atoms with van der Waals surface area (Å²) in [6, 6.07) is 8.65. The number of rotatable bonds is 8. The molecule has 29 heavy (non-hydrogen) atoms. The van der Waals surface area contributed by atoms with E-state index in [2.05, 4.69) is 75.3 Å². The van der Waals surface area contributed by atoms with Crippen molar-refractivity contribution in [2.45, 2.75) is 53.1 Å². The number of nitrogens with zero attached hydrogens (tertiary/aromatic N) is 5. The predicted octanol–water partition coefficient (Wildman–Crippen LogP) is 3.12. The summed E-state index contributed by atoms with van der Waals surface area (Å²) in [6.45, 7) is 11.5. The lowest BCUT2D eigenvalue weighted by Gasteiger charge is -2.24. The van der Waals surface area contributed by atoms with Crippen molar-refractivity contribution >= 4 is 35.6 Å². The Morgan fingerprint density at radius 2 is 2.07 bits per heavy atom. The van der Waals surface area contributed by atoms with Crippen LogP contribution in [0, 0.1) is 6.92 Å². The molecule has 160 valence electrons. The Balaban J connectivity index is 0.00000300. The molecule has 0 amide bonds. The van der Waals surface area contributed by atoms with Crippen molar-refractivity contribution in [3.63, 3.8) is 0 Å². The van der Waals surface area contributed by atoms with Gasteiger partial charge in [0, 0.05) is 44.8 Å². The van der Waals surface area contributed by atoms with Crippen molar-refractivity contribution in [3.05, 3.63) is 41.5 Å². The molecule has 0 unspecified atom stereocenters. The van der Waals surface area contributed by atoms with Crippen LogP contribution >= 0.6 is 24.0 Å². The highest BCUT2D eigenvalue weighted by atomic mass is 127. The van der Waals surface area contributed by atoms with E-state index in [0.717, 1.165) is 56.8 Å². The molecule has 1 aromatic carbocycles. The third kappa shape index (κ3) is 6.58. The minimum Gasteiger partial charge on any atom is -0.370 e. The van der Waals surface area contributed by atoms with Crippen molar-refractivity contribution in [3.8, 4) is 0 Å². The highest BCUT2D eigenvalue weighted by molar-refractivity contribution is 14.0. The fourth-order valence-electron chi connectivity index (χ4n) is 3.58. The second-order valence-corrected chi connectivity index (χ2v) is 7.18. The van der Waals surface area contributed by atoms with E-state index >= 15 is 0 Å². The zero-order valence-electron chi connectivity index (χ0n) is 17.8. The second kappa shape index (κ2) is 12.0. The van der Waals surface area contributed by atoms with Crippen LogP contribution in [0.25, 0.3) is 0 Å². The van der Waals surface area contributed by atoms with Gasteiger partial charge in [0.15, 0.2) is 11.8 Å². The number of aliphatic imine (C=N–C) groups is 1. The zero-order chi connectivity index (χ0) is 19.8. The summed E-state index contributed by atoms with van der Waals surface area (Å²) in [5, 5.41) is 15.4. The van der Waals surface area contributed by atoms with Gasteiger partial charge in [-0.15, -0.1) is 34.2 Å². The van der Waals surface area contributed by atoms with E-state index in [1.807, 2.05) is 0 Å². The molecule has 0 atom stereocenters. The Labute approximate surface area is 191 Å². The first-order chi connectivity index (χ1) is 13.7. The molecule has 0 fully saturated rings. The lowest BCUT2D eigenvalue weighted by molar-refractivity contribution is 0.508. The molecule has 1 aliphatic heterocycles. The van der Waals surface area contributed by atoms with Gasteiger partial charge < -0.3 is 20.1 Å². The van der Waals surface area contributed by atoms with Crippen LogP contribution in [0.5, 0.6) is 0 Å². The van der Waals surface area contributed by atoms with E-state index in [4.69, 9.17) is 4.99 Å². The van der Waals surface area contributed by atoms with E-state index < -0.39 is 0 Å². The molecule has 0 aliphatic carbocycles. The fourth-order valence-corrected chi connectivity index (χ4v) is 3.58. The van der Waals surface area contributed by atoms with Crippen LogP contribution in [0.1, 0.15) is 43.9 Å². The number of halogens is 1. The number of nitrogens with one attached hydrogen (secondary N) is 2. The maximum atomic E-state index is 4.73. The molecule has 7 nitrogen and oxygen atoms in total. The van der Waals surface area contributed by atoms with Crippen molar-refractivity contribution < 1.29 is 0 Å². The topological polar surface area (TPSA) is 70.4 Å². The average Bonchev–Trinajstić information content (AvgIpc) is 3.12. The third-order valence-corrected chi connectivity index (χ3v) is 5.08. The summed E-state index contributed by atoms with van der Waals surface area (Å²) in [5.41, 5.74) is 2.55. The number of aryl methyl sites for hydroxylation is 2. The number of hydrogen-bond donors (Lipinski definition) is 2. The van der Waals surface area contributed by atoms with Crippen LogP contribution < -0.4 is 15.5 Å². The smallest absolute Gasteiger partial charge is 0.191 e. The van der Waals surface area contributed by atoms with E-state index in [1.165, 1.54) is 24.1 Å². The van der Waals surface area contributed by atoms with Crippen LogP contribution in [-0.2, 0) is 19.5 Å². The Kier molecular flexibility index (Phi) is 9.69. The Bertz CT molecular complexity index is 787. The summed E-state index contributed by atoms with van der Waals surface area (Å²) in [6.07, 6.45) is 3.44. The molecule has 8 heteroatoms. The number of likely N-dealkylation sites (N-methyl/N-ethyl adjacent to an activating group) is 1. The summed E-state index contributed by atoms with van der Waals surface area (Å²) >= 11 is 0. The van der Waals surface area contributed by atoms with Crippen LogP contribution in [0.15, 0.2) is 29.3 Å². The number of fused-ring (bicyclic) bond motifs is 1. The van der Waals surface area contributed by atoms with Gasteiger partial charge in [0.1, 0.15) is 12.4 Å². The molecular weight excluding hydrogens is 477 g/mol.